The molecule has 0 spiro atoms. The number of aromatic nitrogens is 2. The number of rotatable bonds is 7. The van der Waals surface area contributed by atoms with Gasteiger partial charge in [0, 0.05) is 24.5 Å². The van der Waals surface area contributed by atoms with Crippen molar-refractivity contribution in [3.05, 3.63) is 17.0 Å². The van der Waals surface area contributed by atoms with Crippen molar-refractivity contribution in [3.8, 4) is 0 Å². The van der Waals surface area contributed by atoms with Gasteiger partial charge in [0.1, 0.15) is 16.8 Å². The van der Waals surface area contributed by atoms with E-state index in [9.17, 15) is 0 Å². The van der Waals surface area contributed by atoms with Crippen LogP contribution in [0.15, 0.2) is 11.1 Å². The SMILES string of the molecule is CCOCc1nc(Cl)cc(SC(C)CCO)n1. The summed E-state index contributed by atoms with van der Waals surface area (Å²) < 4.78 is 5.25. The maximum Gasteiger partial charge on any atom is 0.156 e. The Labute approximate surface area is 111 Å². The zero-order valence-electron chi connectivity index (χ0n) is 10.0. The summed E-state index contributed by atoms with van der Waals surface area (Å²) in [7, 11) is 0. The van der Waals surface area contributed by atoms with Crippen LogP contribution in [0.1, 0.15) is 26.1 Å². The van der Waals surface area contributed by atoms with Crippen LogP contribution in [0.4, 0.5) is 0 Å². The number of thioether (sulfide) groups is 1. The lowest BCUT2D eigenvalue weighted by Gasteiger charge is -2.09. The van der Waals surface area contributed by atoms with Gasteiger partial charge in [0.15, 0.2) is 5.82 Å². The predicted octanol–water partition coefficient (Wildman–Crippen LogP) is 2.53. The molecular weight excluding hydrogens is 260 g/mol. The highest BCUT2D eigenvalue weighted by atomic mass is 35.5. The largest absolute Gasteiger partial charge is 0.396 e. The van der Waals surface area contributed by atoms with Crippen LogP contribution in [-0.4, -0.2) is 33.5 Å². The summed E-state index contributed by atoms with van der Waals surface area (Å²) in [5.41, 5.74) is 0. The lowest BCUT2D eigenvalue weighted by Crippen LogP contribution is -2.03. The van der Waals surface area contributed by atoms with Crippen LogP contribution >= 0.6 is 23.4 Å². The van der Waals surface area contributed by atoms with E-state index in [-0.39, 0.29) is 6.61 Å². The fourth-order valence-electron chi connectivity index (χ4n) is 1.21. The molecule has 0 saturated heterocycles. The number of hydrogen-bond donors (Lipinski definition) is 1. The molecule has 0 aromatic carbocycles. The smallest absolute Gasteiger partial charge is 0.156 e. The topological polar surface area (TPSA) is 55.2 Å². The summed E-state index contributed by atoms with van der Waals surface area (Å²) in [6.45, 7) is 5.14. The summed E-state index contributed by atoms with van der Waals surface area (Å²) in [4.78, 5) is 8.45. The Kier molecular flexibility index (Phi) is 6.80. The molecule has 6 heteroatoms. The Morgan fingerprint density at radius 2 is 2.29 bits per heavy atom. The van der Waals surface area contributed by atoms with Gasteiger partial charge in [-0.3, -0.25) is 0 Å². The van der Waals surface area contributed by atoms with Crippen molar-refractivity contribution < 1.29 is 9.84 Å². The first kappa shape index (κ1) is 14.7. The van der Waals surface area contributed by atoms with E-state index in [1.807, 2.05) is 13.8 Å². The minimum Gasteiger partial charge on any atom is -0.396 e. The molecule has 96 valence electrons. The second kappa shape index (κ2) is 7.87. The number of ether oxygens (including phenoxy) is 1. The van der Waals surface area contributed by atoms with E-state index in [0.717, 1.165) is 11.4 Å². The molecule has 4 nitrogen and oxygen atoms in total. The van der Waals surface area contributed by atoms with Gasteiger partial charge in [0.25, 0.3) is 0 Å². The first-order valence-corrected chi connectivity index (χ1v) is 6.80. The molecule has 0 saturated carbocycles. The van der Waals surface area contributed by atoms with Gasteiger partial charge in [-0.1, -0.05) is 18.5 Å². The van der Waals surface area contributed by atoms with Crippen molar-refractivity contribution in [1.82, 2.24) is 9.97 Å². The van der Waals surface area contributed by atoms with Gasteiger partial charge < -0.3 is 9.84 Å². The molecule has 1 aromatic rings. The van der Waals surface area contributed by atoms with Crippen LogP contribution in [0.2, 0.25) is 5.15 Å². The fourth-order valence-corrected chi connectivity index (χ4v) is 2.45. The van der Waals surface area contributed by atoms with Crippen molar-refractivity contribution in [2.45, 2.75) is 37.2 Å². The minimum absolute atomic E-state index is 0.179. The van der Waals surface area contributed by atoms with Crippen LogP contribution in [0.3, 0.4) is 0 Å². The molecule has 17 heavy (non-hydrogen) atoms. The standard InChI is InChI=1S/C11H17ClN2O2S/c1-3-16-7-10-13-9(12)6-11(14-10)17-8(2)4-5-15/h6,8,15H,3-5,7H2,1-2H3. The molecule has 1 unspecified atom stereocenters. The van der Waals surface area contributed by atoms with Gasteiger partial charge >= 0.3 is 0 Å². The molecule has 0 aliphatic heterocycles. The third-order valence-corrected chi connectivity index (χ3v) is 3.29. The van der Waals surface area contributed by atoms with Crippen LogP contribution in [0.25, 0.3) is 0 Å². The van der Waals surface area contributed by atoms with Crippen LogP contribution in [0.5, 0.6) is 0 Å². The normalized spacial score (nSPS) is 12.7. The Morgan fingerprint density at radius 1 is 1.53 bits per heavy atom. The lowest BCUT2D eigenvalue weighted by molar-refractivity contribution is 0.128. The second-order valence-corrected chi connectivity index (χ2v) is 5.37. The van der Waals surface area contributed by atoms with E-state index in [2.05, 4.69) is 9.97 Å². The zero-order chi connectivity index (χ0) is 12.7. The summed E-state index contributed by atoms with van der Waals surface area (Å²) >= 11 is 7.50. The molecule has 0 bridgehead atoms. The van der Waals surface area contributed by atoms with Crippen molar-refractivity contribution in [3.63, 3.8) is 0 Å². The van der Waals surface area contributed by atoms with Crippen molar-refractivity contribution in [2.75, 3.05) is 13.2 Å². The third-order valence-electron chi connectivity index (χ3n) is 2.01. The van der Waals surface area contributed by atoms with Gasteiger partial charge in [0.2, 0.25) is 0 Å². The summed E-state index contributed by atoms with van der Waals surface area (Å²) in [6, 6.07) is 1.73. The Bertz CT molecular complexity index is 352. The highest BCUT2D eigenvalue weighted by Gasteiger charge is 2.08. The van der Waals surface area contributed by atoms with Gasteiger partial charge in [-0.2, -0.15) is 0 Å². The Balaban J connectivity index is 2.67. The molecule has 1 atom stereocenters. The summed E-state index contributed by atoms with van der Waals surface area (Å²) in [5.74, 6) is 0.595. The number of halogens is 1. The zero-order valence-corrected chi connectivity index (χ0v) is 11.6. The van der Waals surface area contributed by atoms with Crippen LogP contribution in [-0.2, 0) is 11.3 Å². The molecular formula is C11H17ClN2O2S. The van der Waals surface area contributed by atoms with Crippen molar-refractivity contribution in [1.29, 1.82) is 0 Å². The number of hydrogen-bond acceptors (Lipinski definition) is 5. The molecule has 0 fully saturated rings. The van der Waals surface area contributed by atoms with E-state index >= 15 is 0 Å². The van der Waals surface area contributed by atoms with Crippen molar-refractivity contribution in [2.24, 2.45) is 0 Å². The summed E-state index contributed by atoms with van der Waals surface area (Å²) in [5, 5.41) is 10.4. The predicted molar refractivity (Wildman–Crippen MR) is 69.4 cm³/mol. The number of nitrogens with zero attached hydrogens (tertiary/aromatic N) is 2. The number of aliphatic hydroxyl groups is 1. The molecule has 1 rings (SSSR count). The first-order chi connectivity index (χ1) is 8.15. The van der Waals surface area contributed by atoms with Crippen LogP contribution < -0.4 is 0 Å². The van der Waals surface area contributed by atoms with E-state index in [4.69, 9.17) is 21.4 Å². The quantitative estimate of drug-likeness (QED) is 0.613. The first-order valence-electron chi connectivity index (χ1n) is 5.54. The molecule has 0 aliphatic rings. The highest BCUT2D eigenvalue weighted by molar-refractivity contribution is 7.99. The van der Waals surface area contributed by atoms with E-state index in [0.29, 0.717) is 29.4 Å². The van der Waals surface area contributed by atoms with Gasteiger partial charge in [0.05, 0.1) is 0 Å². The lowest BCUT2D eigenvalue weighted by atomic mass is 10.3. The molecule has 1 N–H and O–H groups in total. The summed E-state index contributed by atoms with van der Waals surface area (Å²) in [6.07, 6.45) is 0.729. The molecule has 1 heterocycles. The maximum absolute atomic E-state index is 8.85. The third kappa shape index (κ3) is 5.68. The monoisotopic (exact) mass is 276 g/mol. The van der Waals surface area contributed by atoms with E-state index < -0.39 is 0 Å². The van der Waals surface area contributed by atoms with E-state index in [1.54, 1.807) is 17.8 Å². The fraction of sp³-hybridized carbons (Fsp3) is 0.636. The molecule has 0 aliphatic carbocycles. The minimum atomic E-state index is 0.179. The van der Waals surface area contributed by atoms with Crippen LogP contribution in [0, 0.1) is 0 Å². The van der Waals surface area contributed by atoms with Gasteiger partial charge in [-0.15, -0.1) is 11.8 Å². The van der Waals surface area contributed by atoms with Gasteiger partial charge in [-0.25, -0.2) is 9.97 Å². The molecule has 0 amide bonds. The highest BCUT2D eigenvalue weighted by Crippen LogP contribution is 2.25. The second-order valence-electron chi connectivity index (χ2n) is 3.52. The Morgan fingerprint density at radius 3 is 2.94 bits per heavy atom. The molecule has 0 radical (unpaired) electrons. The van der Waals surface area contributed by atoms with Crippen molar-refractivity contribution >= 4 is 23.4 Å². The molecule has 1 aromatic heterocycles. The van der Waals surface area contributed by atoms with E-state index in [1.165, 1.54) is 0 Å². The number of aliphatic hydroxyl groups excluding tert-OH is 1. The Hall–Kier alpha value is -0.360. The average Bonchev–Trinajstić information content (AvgIpc) is 2.25. The van der Waals surface area contributed by atoms with Gasteiger partial charge in [-0.05, 0) is 13.3 Å². The average molecular weight is 277 g/mol. The maximum atomic E-state index is 8.85.